The number of halogens is 1. The molecule has 1 saturated heterocycles. The van der Waals surface area contributed by atoms with Crippen LogP contribution in [0.2, 0.25) is 0 Å². The predicted molar refractivity (Wildman–Crippen MR) is 64.6 cm³/mol. The molecule has 1 heterocycles. The van der Waals surface area contributed by atoms with Gasteiger partial charge in [-0.1, -0.05) is 13.3 Å². The average Bonchev–Trinajstić information content (AvgIpc) is 2.98. The van der Waals surface area contributed by atoms with Gasteiger partial charge in [-0.15, -0.1) is 12.4 Å². The number of ether oxygens (including phenoxy) is 1. The van der Waals surface area contributed by atoms with Gasteiger partial charge in [0.05, 0.1) is 18.2 Å². The standard InChI is InChI=1S/C11H20N2O2.ClH/c1-2-3-9-8-13(6-7-15-9)10(14)11(12)4-5-11;/h9H,2-8,12H2,1H3;1H. The first-order chi connectivity index (χ1) is 7.15. The first-order valence-electron chi connectivity index (χ1n) is 5.85. The Morgan fingerprint density at radius 3 is 2.81 bits per heavy atom. The van der Waals surface area contributed by atoms with E-state index in [0.29, 0.717) is 13.2 Å². The molecule has 0 bridgehead atoms. The highest BCUT2D eigenvalue weighted by Gasteiger charge is 2.48. The summed E-state index contributed by atoms with van der Waals surface area (Å²) < 4.78 is 5.60. The number of morpholine rings is 1. The molecule has 2 N–H and O–H groups in total. The summed E-state index contributed by atoms with van der Waals surface area (Å²) in [7, 11) is 0. The van der Waals surface area contributed by atoms with E-state index in [1.807, 2.05) is 4.90 Å². The molecule has 0 radical (unpaired) electrons. The van der Waals surface area contributed by atoms with E-state index in [0.717, 1.165) is 32.2 Å². The fraction of sp³-hybridized carbons (Fsp3) is 0.909. The molecule has 4 nitrogen and oxygen atoms in total. The Morgan fingerprint density at radius 1 is 1.56 bits per heavy atom. The second-order valence-corrected chi connectivity index (χ2v) is 4.69. The molecule has 0 spiro atoms. The third-order valence-corrected chi connectivity index (χ3v) is 3.25. The Labute approximate surface area is 103 Å². The van der Waals surface area contributed by atoms with Gasteiger partial charge in [-0.05, 0) is 19.3 Å². The van der Waals surface area contributed by atoms with Crippen LogP contribution in [-0.2, 0) is 9.53 Å². The van der Waals surface area contributed by atoms with Gasteiger partial charge < -0.3 is 15.4 Å². The minimum absolute atomic E-state index is 0. The van der Waals surface area contributed by atoms with Gasteiger partial charge in [0, 0.05) is 13.1 Å². The van der Waals surface area contributed by atoms with Crippen molar-refractivity contribution in [2.75, 3.05) is 19.7 Å². The quantitative estimate of drug-likeness (QED) is 0.808. The van der Waals surface area contributed by atoms with Crippen molar-refractivity contribution in [1.82, 2.24) is 4.90 Å². The van der Waals surface area contributed by atoms with Crippen LogP contribution in [-0.4, -0.2) is 42.1 Å². The van der Waals surface area contributed by atoms with Crippen LogP contribution in [0.5, 0.6) is 0 Å². The average molecular weight is 249 g/mol. The lowest BCUT2D eigenvalue weighted by Gasteiger charge is -2.34. The van der Waals surface area contributed by atoms with Crippen molar-refractivity contribution in [2.45, 2.75) is 44.2 Å². The predicted octanol–water partition coefficient (Wildman–Crippen LogP) is 0.927. The summed E-state index contributed by atoms with van der Waals surface area (Å²) >= 11 is 0. The van der Waals surface area contributed by atoms with Crippen LogP contribution in [0.3, 0.4) is 0 Å². The number of carbonyl (C=O) groups excluding carboxylic acids is 1. The monoisotopic (exact) mass is 248 g/mol. The van der Waals surface area contributed by atoms with Crippen molar-refractivity contribution in [3.05, 3.63) is 0 Å². The van der Waals surface area contributed by atoms with Gasteiger partial charge in [-0.25, -0.2) is 0 Å². The molecule has 1 saturated carbocycles. The van der Waals surface area contributed by atoms with Gasteiger partial charge in [-0.3, -0.25) is 4.79 Å². The number of hydrogen-bond donors (Lipinski definition) is 1. The molecule has 5 heteroatoms. The van der Waals surface area contributed by atoms with Crippen LogP contribution in [0.15, 0.2) is 0 Å². The number of nitrogens with zero attached hydrogens (tertiary/aromatic N) is 1. The molecule has 1 amide bonds. The maximum atomic E-state index is 12.0. The number of nitrogens with two attached hydrogens (primary N) is 1. The topological polar surface area (TPSA) is 55.6 Å². The van der Waals surface area contributed by atoms with Crippen molar-refractivity contribution in [2.24, 2.45) is 5.73 Å². The lowest BCUT2D eigenvalue weighted by Crippen LogP contribution is -2.52. The molecular weight excluding hydrogens is 228 g/mol. The number of rotatable bonds is 3. The molecule has 2 aliphatic rings. The first kappa shape index (κ1) is 13.7. The molecule has 16 heavy (non-hydrogen) atoms. The van der Waals surface area contributed by atoms with Crippen LogP contribution in [0.25, 0.3) is 0 Å². The van der Waals surface area contributed by atoms with E-state index in [9.17, 15) is 4.79 Å². The maximum Gasteiger partial charge on any atom is 0.242 e. The summed E-state index contributed by atoms with van der Waals surface area (Å²) in [4.78, 5) is 13.9. The number of carbonyl (C=O) groups is 1. The van der Waals surface area contributed by atoms with Gasteiger partial charge in [0.2, 0.25) is 5.91 Å². The van der Waals surface area contributed by atoms with E-state index in [1.165, 1.54) is 0 Å². The summed E-state index contributed by atoms with van der Waals surface area (Å²) in [6.07, 6.45) is 4.04. The SMILES string of the molecule is CCCC1CN(C(=O)C2(N)CC2)CCO1.Cl. The molecule has 1 unspecified atom stereocenters. The molecule has 2 fully saturated rings. The third-order valence-electron chi connectivity index (χ3n) is 3.25. The van der Waals surface area contributed by atoms with E-state index in [4.69, 9.17) is 10.5 Å². The molecule has 1 atom stereocenters. The minimum atomic E-state index is -0.520. The molecule has 94 valence electrons. The summed E-state index contributed by atoms with van der Waals surface area (Å²) in [6.45, 7) is 4.23. The van der Waals surface area contributed by atoms with Crippen molar-refractivity contribution in [3.8, 4) is 0 Å². The highest BCUT2D eigenvalue weighted by molar-refractivity contribution is 5.89. The number of amides is 1. The highest BCUT2D eigenvalue weighted by Crippen LogP contribution is 2.34. The molecule has 0 aromatic carbocycles. The smallest absolute Gasteiger partial charge is 0.242 e. The zero-order chi connectivity index (χ0) is 10.9. The van der Waals surface area contributed by atoms with Crippen molar-refractivity contribution < 1.29 is 9.53 Å². The van der Waals surface area contributed by atoms with Crippen LogP contribution >= 0.6 is 12.4 Å². The first-order valence-corrected chi connectivity index (χ1v) is 5.85. The summed E-state index contributed by atoms with van der Waals surface area (Å²) in [6, 6.07) is 0. The Hall–Kier alpha value is -0.320. The molecule has 2 rings (SSSR count). The summed E-state index contributed by atoms with van der Waals surface area (Å²) in [5.41, 5.74) is 5.39. The Bertz CT molecular complexity index is 254. The fourth-order valence-corrected chi connectivity index (χ4v) is 2.06. The number of hydrogen-bond acceptors (Lipinski definition) is 3. The summed E-state index contributed by atoms with van der Waals surface area (Å²) in [5.74, 6) is 0.131. The molecular formula is C11H21ClN2O2. The normalized spacial score (nSPS) is 27.1. The van der Waals surface area contributed by atoms with Gasteiger partial charge in [0.1, 0.15) is 0 Å². The molecule has 0 aromatic rings. The van der Waals surface area contributed by atoms with Crippen LogP contribution in [0, 0.1) is 0 Å². The van der Waals surface area contributed by atoms with Gasteiger partial charge in [-0.2, -0.15) is 0 Å². The third kappa shape index (κ3) is 2.87. The zero-order valence-electron chi connectivity index (χ0n) is 9.78. The van der Waals surface area contributed by atoms with E-state index in [1.54, 1.807) is 0 Å². The maximum absolute atomic E-state index is 12.0. The Balaban J connectivity index is 0.00000128. The van der Waals surface area contributed by atoms with Gasteiger partial charge >= 0.3 is 0 Å². The Morgan fingerprint density at radius 2 is 2.25 bits per heavy atom. The highest BCUT2D eigenvalue weighted by atomic mass is 35.5. The lowest BCUT2D eigenvalue weighted by molar-refractivity contribution is -0.141. The van der Waals surface area contributed by atoms with Crippen molar-refractivity contribution in [1.29, 1.82) is 0 Å². The van der Waals surface area contributed by atoms with Crippen LogP contribution in [0.4, 0.5) is 0 Å². The largest absolute Gasteiger partial charge is 0.375 e. The van der Waals surface area contributed by atoms with Crippen LogP contribution < -0.4 is 5.73 Å². The van der Waals surface area contributed by atoms with Crippen molar-refractivity contribution in [3.63, 3.8) is 0 Å². The Kier molecular flexibility index (Phi) is 4.59. The molecule has 1 aliphatic heterocycles. The van der Waals surface area contributed by atoms with Crippen molar-refractivity contribution >= 4 is 18.3 Å². The van der Waals surface area contributed by atoms with Gasteiger partial charge in [0.25, 0.3) is 0 Å². The van der Waals surface area contributed by atoms with E-state index in [2.05, 4.69) is 6.92 Å². The zero-order valence-corrected chi connectivity index (χ0v) is 10.6. The van der Waals surface area contributed by atoms with E-state index in [-0.39, 0.29) is 24.4 Å². The van der Waals surface area contributed by atoms with E-state index < -0.39 is 5.54 Å². The fourth-order valence-electron chi connectivity index (χ4n) is 2.06. The van der Waals surface area contributed by atoms with Crippen LogP contribution in [0.1, 0.15) is 32.6 Å². The molecule has 1 aliphatic carbocycles. The lowest BCUT2D eigenvalue weighted by atomic mass is 10.1. The minimum Gasteiger partial charge on any atom is -0.375 e. The van der Waals surface area contributed by atoms with Gasteiger partial charge in [0.15, 0.2) is 0 Å². The van der Waals surface area contributed by atoms with E-state index >= 15 is 0 Å². The second-order valence-electron chi connectivity index (χ2n) is 4.69. The molecule has 0 aromatic heterocycles. The summed E-state index contributed by atoms with van der Waals surface area (Å²) in [5, 5.41) is 0. The second kappa shape index (κ2) is 5.34.